The summed E-state index contributed by atoms with van der Waals surface area (Å²) in [5, 5.41) is 17.5. The number of nitrogens with zero attached hydrogens (tertiary/aromatic N) is 4. The first-order valence-electron chi connectivity index (χ1n) is 8.56. The van der Waals surface area contributed by atoms with Crippen LogP contribution in [0.25, 0.3) is 0 Å². The van der Waals surface area contributed by atoms with Gasteiger partial charge in [0.25, 0.3) is 0 Å². The third-order valence-corrected chi connectivity index (χ3v) is 4.56. The van der Waals surface area contributed by atoms with E-state index in [1.54, 1.807) is 12.0 Å². The third-order valence-electron chi connectivity index (χ3n) is 4.56. The summed E-state index contributed by atoms with van der Waals surface area (Å²) in [7, 11) is 1.66. The van der Waals surface area contributed by atoms with Gasteiger partial charge in [-0.2, -0.15) is 10.5 Å². The molecule has 0 N–H and O–H groups in total. The van der Waals surface area contributed by atoms with Gasteiger partial charge in [0.2, 0.25) is 5.91 Å². The molecule has 132 valence electrons. The maximum Gasteiger partial charge on any atom is 0.236 e. The van der Waals surface area contributed by atoms with Gasteiger partial charge in [0.1, 0.15) is 5.75 Å². The third kappa shape index (κ3) is 5.48. The van der Waals surface area contributed by atoms with Crippen molar-refractivity contribution in [2.75, 3.05) is 39.8 Å². The molecule has 6 heteroatoms. The van der Waals surface area contributed by atoms with E-state index in [1.807, 2.05) is 12.1 Å². The van der Waals surface area contributed by atoms with Crippen LogP contribution in [0.1, 0.15) is 30.7 Å². The van der Waals surface area contributed by atoms with Crippen molar-refractivity contribution in [3.63, 3.8) is 0 Å². The average Bonchev–Trinajstić information content (AvgIpc) is 3.10. The lowest BCUT2D eigenvalue weighted by Crippen LogP contribution is -2.40. The molecule has 6 nitrogen and oxygen atoms in total. The molecule has 1 atom stereocenters. The number of benzene rings is 1. The van der Waals surface area contributed by atoms with Gasteiger partial charge < -0.3 is 9.64 Å². The lowest BCUT2D eigenvalue weighted by molar-refractivity contribution is -0.132. The van der Waals surface area contributed by atoms with Crippen LogP contribution in [0.3, 0.4) is 0 Å². The summed E-state index contributed by atoms with van der Waals surface area (Å²) in [6, 6.07) is 12.2. The smallest absolute Gasteiger partial charge is 0.236 e. The summed E-state index contributed by atoms with van der Waals surface area (Å²) < 4.78 is 5.19. The monoisotopic (exact) mass is 340 g/mol. The second-order valence-corrected chi connectivity index (χ2v) is 6.19. The molecule has 1 aromatic carbocycles. The number of amides is 1. The van der Waals surface area contributed by atoms with Crippen molar-refractivity contribution in [3.8, 4) is 17.9 Å². The highest BCUT2D eigenvalue weighted by Gasteiger charge is 2.26. The Balaban J connectivity index is 1.88. The second-order valence-electron chi connectivity index (χ2n) is 6.19. The normalized spacial score (nSPS) is 16.8. The summed E-state index contributed by atoms with van der Waals surface area (Å²) in [6.45, 7) is 2.87. The van der Waals surface area contributed by atoms with Crippen molar-refractivity contribution in [2.24, 2.45) is 0 Å². The number of nitriles is 2. The van der Waals surface area contributed by atoms with E-state index in [2.05, 4.69) is 29.2 Å². The van der Waals surface area contributed by atoms with Gasteiger partial charge in [0.15, 0.2) is 0 Å². The van der Waals surface area contributed by atoms with Crippen molar-refractivity contribution in [3.05, 3.63) is 29.8 Å². The molecule has 1 heterocycles. The van der Waals surface area contributed by atoms with E-state index in [0.717, 1.165) is 25.3 Å². The van der Waals surface area contributed by atoms with Gasteiger partial charge in [-0.05, 0) is 36.6 Å². The van der Waals surface area contributed by atoms with Crippen LogP contribution >= 0.6 is 0 Å². The van der Waals surface area contributed by atoms with Gasteiger partial charge in [-0.3, -0.25) is 9.69 Å². The molecule has 1 fully saturated rings. The molecule has 1 amide bonds. The predicted octanol–water partition coefficient (Wildman–Crippen LogP) is 2.14. The Morgan fingerprint density at radius 1 is 1.24 bits per heavy atom. The summed E-state index contributed by atoms with van der Waals surface area (Å²) in [5.41, 5.74) is 1.27. The molecule has 0 aromatic heterocycles. The number of carbonyl (C=O) groups is 1. The largest absolute Gasteiger partial charge is 0.497 e. The van der Waals surface area contributed by atoms with Crippen LogP contribution in [-0.2, 0) is 4.79 Å². The van der Waals surface area contributed by atoms with Crippen molar-refractivity contribution < 1.29 is 9.53 Å². The summed E-state index contributed by atoms with van der Waals surface area (Å²) in [4.78, 5) is 16.3. The molecule has 25 heavy (non-hydrogen) atoms. The number of rotatable bonds is 8. The van der Waals surface area contributed by atoms with Crippen LogP contribution < -0.4 is 4.74 Å². The standard InChI is InChI=1S/C19H24N4O2/c1-25-18-6-4-16(5-7-18)17-8-13-22(14-17)15-19(24)23(11-2-9-20)12-3-10-21/h4-7,17H,2-3,8,11-15H2,1H3/t17-/m1/s1. The van der Waals surface area contributed by atoms with E-state index in [4.69, 9.17) is 15.3 Å². The fraction of sp³-hybridized carbons (Fsp3) is 0.526. The molecule has 0 bridgehead atoms. The van der Waals surface area contributed by atoms with Crippen LogP contribution in [0.15, 0.2) is 24.3 Å². The highest BCUT2D eigenvalue weighted by atomic mass is 16.5. The average molecular weight is 340 g/mol. The fourth-order valence-corrected chi connectivity index (χ4v) is 3.15. The number of ether oxygens (including phenoxy) is 1. The first kappa shape index (κ1) is 18.8. The minimum absolute atomic E-state index is 0.000816. The Hall–Kier alpha value is -2.57. The van der Waals surface area contributed by atoms with Crippen molar-refractivity contribution in [1.29, 1.82) is 10.5 Å². The molecule has 1 aliphatic heterocycles. The zero-order valence-electron chi connectivity index (χ0n) is 14.6. The first-order valence-corrected chi connectivity index (χ1v) is 8.56. The molecular formula is C19H24N4O2. The lowest BCUT2D eigenvalue weighted by atomic mass is 9.98. The fourth-order valence-electron chi connectivity index (χ4n) is 3.15. The highest BCUT2D eigenvalue weighted by Crippen LogP contribution is 2.28. The Morgan fingerprint density at radius 2 is 1.88 bits per heavy atom. The molecule has 1 saturated heterocycles. The van der Waals surface area contributed by atoms with E-state index < -0.39 is 0 Å². The quantitative estimate of drug-likeness (QED) is 0.724. The zero-order valence-corrected chi connectivity index (χ0v) is 14.6. The zero-order chi connectivity index (χ0) is 18.1. The number of likely N-dealkylation sites (tertiary alicyclic amines) is 1. The van der Waals surface area contributed by atoms with Crippen molar-refractivity contribution >= 4 is 5.91 Å². The van der Waals surface area contributed by atoms with Gasteiger partial charge >= 0.3 is 0 Å². The first-order chi connectivity index (χ1) is 12.2. The topological polar surface area (TPSA) is 80.4 Å². The van der Waals surface area contributed by atoms with Crippen LogP contribution in [0.5, 0.6) is 5.75 Å². The van der Waals surface area contributed by atoms with Crippen LogP contribution in [0.2, 0.25) is 0 Å². The number of hydrogen-bond donors (Lipinski definition) is 0. The Kier molecular flexibility index (Phi) is 7.25. The van der Waals surface area contributed by atoms with E-state index >= 15 is 0 Å². The van der Waals surface area contributed by atoms with Gasteiger partial charge in [-0.25, -0.2) is 0 Å². The van der Waals surface area contributed by atoms with E-state index in [9.17, 15) is 4.79 Å². The maximum atomic E-state index is 12.5. The molecule has 2 rings (SSSR count). The lowest BCUT2D eigenvalue weighted by Gasteiger charge is -2.24. The van der Waals surface area contributed by atoms with Gasteiger partial charge in [0, 0.05) is 19.6 Å². The van der Waals surface area contributed by atoms with Crippen LogP contribution in [0, 0.1) is 22.7 Å². The van der Waals surface area contributed by atoms with Gasteiger partial charge in [-0.15, -0.1) is 0 Å². The van der Waals surface area contributed by atoms with Crippen molar-refractivity contribution in [1.82, 2.24) is 9.80 Å². The minimum Gasteiger partial charge on any atom is -0.497 e. The van der Waals surface area contributed by atoms with E-state index in [1.165, 1.54) is 5.56 Å². The predicted molar refractivity (Wildman–Crippen MR) is 93.8 cm³/mol. The maximum absolute atomic E-state index is 12.5. The summed E-state index contributed by atoms with van der Waals surface area (Å²) >= 11 is 0. The number of hydrogen-bond acceptors (Lipinski definition) is 5. The number of methoxy groups -OCH3 is 1. The van der Waals surface area contributed by atoms with Crippen LogP contribution in [-0.4, -0.2) is 55.5 Å². The Bertz CT molecular complexity index is 627. The molecule has 1 aliphatic rings. The summed E-state index contributed by atoms with van der Waals surface area (Å²) in [5.74, 6) is 1.27. The summed E-state index contributed by atoms with van der Waals surface area (Å²) in [6.07, 6.45) is 1.62. The molecule has 0 radical (unpaired) electrons. The van der Waals surface area contributed by atoms with Crippen LogP contribution in [0.4, 0.5) is 0 Å². The molecule has 0 saturated carbocycles. The van der Waals surface area contributed by atoms with Crippen molar-refractivity contribution in [2.45, 2.75) is 25.2 Å². The Labute approximate surface area is 149 Å². The molecule has 1 aromatic rings. The highest BCUT2D eigenvalue weighted by molar-refractivity contribution is 5.78. The van der Waals surface area contributed by atoms with Gasteiger partial charge in [0.05, 0.1) is 38.6 Å². The Morgan fingerprint density at radius 3 is 2.44 bits per heavy atom. The van der Waals surface area contributed by atoms with E-state index in [-0.39, 0.29) is 5.91 Å². The van der Waals surface area contributed by atoms with E-state index in [0.29, 0.717) is 38.4 Å². The van der Waals surface area contributed by atoms with Gasteiger partial charge in [-0.1, -0.05) is 12.1 Å². The number of carbonyl (C=O) groups excluding carboxylic acids is 1. The molecule has 0 aliphatic carbocycles. The molecular weight excluding hydrogens is 316 g/mol. The second kappa shape index (κ2) is 9.66. The SMILES string of the molecule is COc1ccc([C@@H]2CCN(CC(=O)N(CCC#N)CCC#N)C2)cc1. The minimum atomic E-state index is 0.000816. The molecule has 0 unspecified atom stereocenters. The molecule has 0 spiro atoms.